The lowest BCUT2D eigenvalue weighted by Crippen LogP contribution is -2.16. The zero-order chi connectivity index (χ0) is 28.8. The number of aromatic nitrogens is 1. The van der Waals surface area contributed by atoms with Crippen molar-refractivity contribution >= 4 is 45.8 Å². The number of thiophene rings is 1. The maximum Gasteiger partial charge on any atom is 0.341 e. The second kappa shape index (κ2) is 13.0. The van der Waals surface area contributed by atoms with E-state index >= 15 is 0 Å². The van der Waals surface area contributed by atoms with Gasteiger partial charge in [0.25, 0.3) is 0 Å². The molecule has 1 aliphatic carbocycles. The van der Waals surface area contributed by atoms with Crippen molar-refractivity contribution in [2.24, 2.45) is 0 Å². The number of pyridine rings is 1. The molecule has 1 aliphatic rings. The van der Waals surface area contributed by atoms with E-state index in [4.69, 9.17) is 10.5 Å². The molecule has 0 saturated heterocycles. The number of thioether (sulfide) groups is 1. The number of nitriles is 2. The molecule has 0 spiro atoms. The number of aryl methyl sites for hydroxylation is 1. The van der Waals surface area contributed by atoms with Crippen LogP contribution in [0.2, 0.25) is 0 Å². The van der Waals surface area contributed by atoms with Gasteiger partial charge in [0.05, 0.1) is 17.7 Å². The lowest BCUT2D eigenvalue weighted by atomic mass is 9.94. The van der Waals surface area contributed by atoms with E-state index in [1.165, 1.54) is 23.1 Å². The lowest BCUT2D eigenvalue weighted by Gasteiger charge is -2.14. The Balaban J connectivity index is 1.53. The maximum absolute atomic E-state index is 12.9. The summed E-state index contributed by atoms with van der Waals surface area (Å²) in [5.74, 6) is 0.0507. The van der Waals surface area contributed by atoms with Gasteiger partial charge >= 0.3 is 5.97 Å². The summed E-state index contributed by atoms with van der Waals surface area (Å²) >= 11 is 2.68. The number of nitrogens with one attached hydrogen (secondary N) is 1. The third-order valence-corrected chi connectivity index (χ3v) is 8.94. The minimum absolute atomic E-state index is 0.0413. The van der Waals surface area contributed by atoms with Crippen molar-refractivity contribution in [2.45, 2.75) is 63.8 Å². The van der Waals surface area contributed by atoms with Gasteiger partial charge in [0.1, 0.15) is 33.5 Å². The number of carbonyl (C=O) groups is 2. The molecular weight excluding hydrogens is 542 g/mol. The van der Waals surface area contributed by atoms with Crippen LogP contribution in [0.4, 0.5) is 10.8 Å². The summed E-state index contributed by atoms with van der Waals surface area (Å²) in [4.78, 5) is 31.1. The van der Waals surface area contributed by atoms with Crippen LogP contribution in [0, 0.1) is 22.7 Å². The monoisotopic (exact) mass is 573 g/mol. The number of nitrogens with two attached hydrogens (primary N) is 1. The Morgan fingerprint density at radius 1 is 1.15 bits per heavy atom. The second-order valence-electron chi connectivity index (χ2n) is 9.71. The van der Waals surface area contributed by atoms with Crippen LogP contribution >= 0.6 is 23.1 Å². The molecule has 3 aromatic rings. The molecule has 0 radical (unpaired) electrons. The average Bonchev–Trinajstić information content (AvgIpc) is 3.30. The molecule has 0 fully saturated rings. The van der Waals surface area contributed by atoms with Gasteiger partial charge in [0, 0.05) is 22.6 Å². The Hall–Kier alpha value is -3.86. The molecule has 0 aliphatic heterocycles. The lowest BCUT2D eigenvalue weighted by molar-refractivity contribution is -0.115. The number of nitrogen functional groups attached to an aromatic ring is 1. The summed E-state index contributed by atoms with van der Waals surface area (Å²) in [6, 6.07) is 12.0. The summed E-state index contributed by atoms with van der Waals surface area (Å²) < 4.78 is 5.27. The van der Waals surface area contributed by atoms with Crippen LogP contribution in [0.5, 0.6) is 0 Å². The van der Waals surface area contributed by atoms with Crippen LogP contribution in [0.3, 0.4) is 0 Å². The van der Waals surface area contributed by atoms with Crippen molar-refractivity contribution in [3.63, 3.8) is 0 Å². The highest BCUT2D eigenvalue weighted by Crippen LogP contribution is 2.39. The summed E-state index contributed by atoms with van der Waals surface area (Å²) in [6.45, 7) is 6.21. The Bertz CT molecular complexity index is 1510. The summed E-state index contributed by atoms with van der Waals surface area (Å²) in [5.41, 5.74) is 10.3. The zero-order valence-corrected chi connectivity index (χ0v) is 24.4. The molecule has 40 heavy (non-hydrogen) atoms. The Labute approximate surface area is 242 Å². The first-order valence-corrected chi connectivity index (χ1v) is 15.1. The SMILES string of the molecule is CCOC(=O)c1c(NC(=O)CCSc2nc(N)c(C#N)c(-c3ccc(C(C)C)cc3)c2C#N)sc2c1CCCC2. The first-order valence-electron chi connectivity index (χ1n) is 13.3. The summed E-state index contributed by atoms with van der Waals surface area (Å²) in [6.07, 6.45) is 3.89. The van der Waals surface area contributed by atoms with Gasteiger partial charge in [-0.05, 0) is 55.2 Å². The standard InChI is InChI=1S/C30H31N5O3S2/c1-4-38-30(37)26-20-7-5-6-8-23(20)40-29(26)34-24(36)13-14-39-28-22(16-32)25(21(15-31)27(33)35-28)19-11-9-18(10-12-19)17(2)3/h9-12,17H,4-8,13-14H2,1-3H3,(H2,33,35)(H,34,36). The Kier molecular flexibility index (Phi) is 9.46. The number of fused-ring (bicyclic) bond motifs is 1. The predicted molar refractivity (Wildman–Crippen MR) is 158 cm³/mol. The van der Waals surface area contributed by atoms with Gasteiger partial charge in [-0.2, -0.15) is 10.5 Å². The van der Waals surface area contributed by atoms with Crippen LogP contribution in [0.25, 0.3) is 11.1 Å². The van der Waals surface area contributed by atoms with Crippen molar-refractivity contribution in [3.8, 4) is 23.3 Å². The van der Waals surface area contributed by atoms with Crippen molar-refractivity contribution in [1.29, 1.82) is 10.5 Å². The highest BCUT2D eigenvalue weighted by atomic mass is 32.2. The minimum atomic E-state index is -0.406. The number of carbonyl (C=O) groups excluding carboxylic acids is 2. The van der Waals surface area contributed by atoms with Gasteiger partial charge in [-0.1, -0.05) is 38.1 Å². The fourth-order valence-corrected chi connectivity index (χ4v) is 6.96. The third-order valence-electron chi connectivity index (χ3n) is 6.75. The smallest absolute Gasteiger partial charge is 0.341 e. The molecule has 10 heteroatoms. The van der Waals surface area contributed by atoms with Gasteiger partial charge in [0.2, 0.25) is 5.91 Å². The van der Waals surface area contributed by atoms with Gasteiger partial charge < -0.3 is 15.8 Å². The minimum Gasteiger partial charge on any atom is -0.462 e. The first kappa shape index (κ1) is 29.1. The van der Waals surface area contributed by atoms with Crippen molar-refractivity contribution in [2.75, 3.05) is 23.4 Å². The Morgan fingerprint density at radius 3 is 2.50 bits per heavy atom. The number of nitrogens with zero attached hydrogens (tertiary/aromatic N) is 3. The number of hydrogen-bond acceptors (Lipinski definition) is 9. The van der Waals surface area contributed by atoms with E-state index in [1.54, 1.807) is 6.92 Å². The molecule has 1 amide bonds. The van der Waals surface area contributed by atoms with Crippen molar-refractivity contribution < 1.29 is 14.3 Å². The third kappa shape index (κ3) is 6.14. The highest BCUT2D eigenvalue weighted by molar-refractivity contribution is 7.99. The van der Waals surface area contributed by atoms with Gasteiger partial charge in [0.15, 0.2) is 0 Å². The van der Waals surface area contributed by atoms with Crippen LogP contribution in [0.1, 0.15) is 83.4 Å². The molecule has 3 N–H and O–H groups in total. The van der Waals surface area contributed by atoms with E-state index in [0.29, 0.717) is 38.4 Å². The van der Waals surface area contributed by atoms with E-state index < -0.39 is 5.97 Å². The van der Waals surface area contributed by atoms with Gasteiger partial charge in [-0.15, -0.1) is 23.1 Å². The Morgan fingerprint density at radius 2 is 1.85 bits per heavy atom. The summed E-state index contributed by atoms with van der Waals surface area (Å²) in [5, 5.41) is 23.7. The van der Waals surface area contributed by atoms with Crippen LogP contribution < -0.4 is 11.1 Å². The van der Waals surface area contributed by atoms with Crippen molar-refractivity contribution in [1.82, 2.24) is 4.98 Å². The fraction of sp³-hybridized carbons (Fsp3) is 0.367. The number of anilines is 2. The fourth-order valence-electron chi connectivity index (χ4n) is 4.73. The van der Waals surface area contributed by atoms with E-state index in [0.717, 1.165) is 41.7 Å². The predicted octanol–water partition coefficient (Wildman–Crippen LogP) is 6.44. The molecule has 4 rings (SSSR count). The highest BCUT2D eigenvalue weighted by Gasteiger charge is 2.27. The number of ether oxygens (including phenoxy) is 1. The number of amides is 1. The molecule has 8 nitrogen and oxygen atoms in total. The van der Waals surface area contributed by atoms with E-state index in [9.17, 15) is 20.1 Å². The van der Waals surface area contributed by atoms with Gasteiger partial charge in [-0.25, -0.2) is 9.78 Å². The van der Waals surface area contributed by atoms with Crippen LogP contribution in [-0.2, 0) is 22.4 Å². The molecule has 2 aromatic heterocycles. The quantitative estimate of drug-likeness (QED) is 0.220. The molecule has 0 unspecified atom stereocenters. The van der Waals surface area contributed by atoms with Crippen LogP contribution in [0.15, 0.2) is 29.3 Å². The largest absolute Gasteiger partial charge is 0.462 e. The molecule has 0 bridgehead atoms. The first-order chi connectivity index (χ1) is 19.3. The average molecular weight is 574 g/mol. The number of esters is 1. The van der Waals surface area contributed by atoms with E-state index in [1.807, 2.05) is 24.3 Å². The molecule has 2 heterocycles. The van der Waals surface area contributed by atoms with Gasteiger partial charge in [-0.3, -0.25) is 4.79 Å². The second-order valence-corrected chi connectivity index (χ2v) is 11.9. The zero-order valence-electron chi connectivity index (χ0n) is 22.8. The molecular formula is C30H31N5O3S2. The molecule has 0 atom stereocenters. The van der Waals surface area contributed by atoms with Crippen LogP contribution in [-0.4, -0.2) is 29.2 Å². The van der Waals surface area contributed by atoms with E-state index in [2.05, 4.69) is 36.3 Å². The normalized spacial score (nSPS) is 12.3. The summed E-state index contributed by atoms with van der Waals surface area (Å²) in [7, 11) is 0. The van der Waals surface area contributed by atoms with E-state index in [-0.39, 0.29) is 35.9 Å². The van der Waals surface area contributed by atoms with Crippen molar-refractivity contribution in [3.05, 3.63) is 57.0 Å². The maximum atomic E-state index is 12.9. The molecule has 206 valence electrons. The molecule has 1 aromatic carbocycles. The number of hydrogen-bond donors (Lipinski definition) is 2. The number of benzene rings is 1. The molecule has 0 saturated carbocycles. The number of rotatable bonds is 9. The topological polar surface area (TPSA) is 142 Å².